The van der Waals surface area contributed by atoms with E-state index in [1.54, 1.807) is 18.2 Å². The van der Waals surface area contributed by atoms with Crippen LogP contribution in [0.15, 0.2) is 18.2 Å². The normalized spacial score (nSPS) is 18.9. The largest absolute Gasteiger partial charge is 0.339 e. The van der Waals surface area contributed by atoms with Crippen molar-refractivity contribution < 1.29 is 4.79 Å². The summed E-state index contributed by atoms with van der Waals surface area (Å²) in [6, 6.07) is 5.16. The van der Waals surface area contributed by atoms with Gasteiger partial charge in [-0.2, -0.15) is 0 Å². The number of nitrogens with zero attached hydrogens (tertiary/aromatic N) is 1. The molecule has 0 saturated carbocycles. The van der Waals surface area contributed by atoms with E-state index in [1.165, 1.54) is 6.42 Å². The summed E-state index contributed by atoms with van der Waals surface area (Å²) >= 11 is 12.2. The van der Waals surface area contributed by atoms with Crippen molar-refractivity contribution in [2.45, 2.75) is 19.8 Å². The van der Waals surface area contributed by atoms with Gasteiger partial charge in [0.1, 0.15) is 0 Å². The van der Waals surface area contributed by atoms with Gasteiger partial charge in [-0.05, 0) is 50.9 Å². The Morgan fingerprint density at radius 1 is 1.40 bits per heavy atom. The third-order valence-corrected chi connectivity index (χ3v) is 4.35. The van der Waals surface area contributed by atoms with Gasteiger partial charge in [-0.3, -0.25) is 4.79 Å². The molecular formula is C15H20Cl2N2O. The molecule has 1 saturated heterocycles. The summed E-state index contributed by atoms with van der Waals surface area (Å²) in [6.45, 7) is 5.45. The number of hydrogen-bond acceptors (Lipinski definition) is 2. The summed E-state index contributed by atoms with van der Waals surface area (Å²) in [5, 5.41) is 4.21. The molecule has 1 aromatic carbocycles. The predicted octanol–water partition coefficient (Wildman–Crippen LogP) is 3.46. The fraction of sp³-hybridized carbons (Fsp3) is 0.533. The van der Waals surface area contributed by atoms with E-state index in [2.05, 4.69) is 5.32 Å². The highest BCUT2D eigenvalue weighted by molar-refractivity contribution is 6.39. The predicted molar refractivity (Wildman–Crippen MR) is 83.6 cm³/mol. The number of benzene rings is 1. The van der Waals surface area contributed by atoms with Crippen LogP contribution in [-0.2, 0) is 0 Å². The van der Waals surface area contributed by atoms with Gasteiger partial charge in [0, 0.05) is 13.1 Å². The van der Waals surface area contributed by atoms with Crippen molar-refractivity contribution in [2.24, 2.45) is 5.92 Å². The quantitative estimate of drug-likeness (QED) is 0.923. The first kappa shape index (κ1) is 15.6. The zero-order valence-electron chi connectivity index (χ0n) is 11.7. The van der Waals surface area contributed by atoms with E-state index in [9.17, 15) is 4.79 Å². The second-order valence-electron chi connectivity index (χ2n) is 5.15. The standard InChI is InChI=1S/C15H20Cl2N2O/c1-2-19(10-11-5-4-8-18-9-11)15(20)14-12(16)6-3-7-13(14)17/h3,6-7,11,18H,2,4-5,8-10H2,1H3. The summed E-state index contributed by atoms with van der Waals surface area (Å²) in [5.41, 5.74) is 0.418. The topological polar surface area (TPSA) is 32.3 Å². The average molecular weight is 315 g/mol. The average Bonchev–Trinajstić information content (AvgIpc) is 2.45. The summed E-state index contributed by atoms with van der Waals surface area (Å²) in [7, 11) is 0. The van der Waals surface area contributed by atoms with Gasteiger partial charge >= 0.3 is 0 Å². The Morgan fingerprint density at radius 3 is 2.65 bits per heavy atom. The van der Waals surface area contributed by atoms with E-state index in [4.69, 9.17) is 23.2 Å². The minimum atomic E-state index is -0.0753. The Morgan fingerprint density at radius 2 is 2.10 bits per heavy atom. The van der Waals surface area contributed by atoms with Crippen LogP contribution in [0.25, 0.3) is 0 Å². The van der Waals surface area contributed by atoms with Gasteiger partial charge in [0.15, 0.2) is 0 Å². The molecule has 1 aliphatic rings. The van der Waals surface area contributed by atoms with Crippen molar-refractivity contribution in [2.75, 3.05) is 26.2 Å². The van der Waals surface area contributed by atoms with Gasteiger partial charge in [-0.25, -0.2) is 0 Å². The zero-order chi connectivity index (χ0) is 14.5. The van der Waals surface area contributed by atoms with Gasteiger partial charge in [0.2, 0.25) is 0 Å². The van der Waals surface area contributed by atoms with E-state index in [1.807, 2.05) is 11.8 Å². The number of rotatable bonds is 4. The highest BCUT2D eigenvalue weighted by atomic mass is 35.5. The number of hydrogen-bond donors (Lipinski definition) is 1. The monoisotopic (exact) mass is 314 g/mol. The van der Waals surface area contributed by atoms with Crippen molar-refractivity contribution in [1.29, 1.82) is 0 Å². The van der Waals surface area contributed by atoms with Crippen LogP contribution in [0.1, 0.15) is 30.1 Å². The summed E-state index contributed by atoms with van der Waals surface area (Å²) in [6.07, 6.45) is 2.33. The molecule has 5 heteroatoms. The van der Waals surface area contributed by atoms with Crippen LogP contribution >= 0.6 is 23.2 Å². The molecule has 1 heterocycles. The summed E-state index contributed by atoms with van der Waals surface area (Å²) < 4.78 is 0. The van der Waals surface area contributed by atoms with Crippen LogP contribution in [0, 0.1) is 5.92 Å². The number of halogens is 2. The molecule has 3 nitrogen and oxygen atoms in total. The molecule has 1 atom stereocenters. The highest BCUT2D eigenvalue weighted by Crippen LogP contribution is 2.26. The SMILES string of the molecule is CCN(CC1CCCNC1)C(=O)c1c(Cl)cccc1Cl. The third kappa shape index (κ3) is 3.66. The molecule has 0 spiro atoms. The Hall–Kier alpha value is -0.770. The Balaban J connectivity index is 2.12. The number of amides is 1. The lowest BCUT2D eigenvalue weighted by molar-refractivity contribution is 0.0729. The fourth-order valence-electron chi connectivity index (χ4n) is 2.61. The van der Waals surface area contributed by atoms with Crippen molar-refractivity contribution in [3.05, 3.63) is 33.8 Å². The summed E-state index contributed by atoms with van der Waals surface area (Å²) in [4.78, 5) is 14.5. The van der Waals surface area contributed by atoms with Gasteiger partial charge in [0.05, 0.1) is 15.6 Å². The van der Waals surface area contributed by atoms with Crippen LogP contribution in [-0.4, -0.2) is 37.0 Å². The lowest BCUT2D eigenvalue weighted by Gasteiger charge is -2.30. The van der Waals surface area contributed by atoms with Crippen LogP contribution in [0.3, 0.4) is 0 Å². The van der Waals surface area contributed by atoms with Crippen molar-refractivity contribution in [3.8, 4) is 0 Å². The number of carbonyl (C=O) groups excluding carboxylic acids is 1. The highest BCUT2D eigenvalue weighted by Gasteiger charge is 2.23. The van der Waals surface area contributed by atoms with E-state index in [0.717, 1.165) is 26.1 Å². The lowest BCUT2D eigenvalue weighted by Crippen LogP contribution is -2.41. The molecular weight excluding hydrogens is 295 g/mol. The number of nitrogens with one attached hydrogen (secondary N) is 1. The van der Waals surface area contributed by atoms with E-state index >= 15 is 0 Å². The van der Waals surface area contributed by atoms with Crippen molar-refractivity contribution in [1.82, 2.24) is 10.2 Å². The summed E-state index contributed by atoms with van der Waals surface area (Å²) in [5.74, 6) is 0.433. The molecule has 1 aromatic rings. The molecule has 1 aliphatic heterocycles. The third-order valence-electron chi connectivity index (χ3n) is 3.72. The van der Waals surface area contributed by atoms with Gasteiger partial charge in [-0.15, -0.1) is 0 Å². The first-order valence-electron chi connectivity index (χ1n) is 7.07. The molecule has 0 bridgehead atoms. The van der Waals surface area contributed by atoms with Gasteiger partial charge < -0.3 is 10.2 Å². The molecule has 20 heavy (non-hydrogen) atoms. The first-order valence-corrected chi connectivity index (χ1v) is 7.83. The maximum absolute atomic E-state index is 12.6. The molecule has 1 N–H and O–H groups in total. The minimum absolute atomic E-state index is 0.0753. The smallest absolute Gasteiger partial charge is 0.256 e. The van der Waals surface area contributed by atoms with Crippen molar-refractivity contribution in [3.63, 3.8) is 0 Å². The zero-order valence-corrected chi connectivity index (χ0v) is 13.2. The van der Waals surface area contributed by atoms with E-state index in [-0.39, 0.29) is 5.91 Å². The maximum atomic E-state index is 12.6. The Kier molecular flexibility index (Phi) is 5.70. The molecule has 1 fully saturated rings. The first-order chi connectivity index (χ1) is 9.63. The molecule has 1 unspecified atom stereocenters. The van der Waals surface area contributed by atoms with Crippen LogP contribution in [0.5, 0.6) is 0 Å². The molecule has 1 amide bonds. The van der Waals surface area contributed by atoms with Gasteiger partial charge in [0.25, 0.3) is 5.91 Å². The fourth-order valence-corrected chi connectivity index (χ4v) is 3.17. The number of piperidine rings is 1. The lowest BCUT2D eigenvalue weighted by atomic mass is 9.98. The Labute approximate surface area is 130 Å². The van der Waals surface area contributed by atoms with Crippen molar-refractivity contribution >= 4 is 29.1 Å². The molecule has 2 rings (SSSR count). The van der Waals surface area contributed by atoms with Crippen LogP contribution in [0.4, 0.5) is 0 Å². The number of carbonyl (C=O) groups is 1. The van der Waals surface area contributed by atoms with Crippen LogP contribution in [0.2, 0.25) is 10.0 Å². The van der Waals surface area contributed by atoms with E-state index in [0.29, 0.717) is 28.1 Å². The molecule has 0 aromatic heterocycles. The van der Waals surface area contributed by atoms with Crippen LogP contribution < -0.4 is 5.32 Å². The second-order valence-corrected chi connectivity index (χ2v) is 5.97. The molecule has 110 valence electrons. The minimum Gasteiger partial charge on any atom is -0.339 e. The Bertz CT molecular complexity index is 453. The molecule has 0 radical (unpaired) electrons. The van der Waals surface area contributed by atoms with E-state index < -0.39 is 0 Å². The van der Waals surface area contributed by atoms with Gasteiger partial charge in [-0.1, -0.05) is 29.3 Å². The second kappa shape index (κ2) is 7.30. The molecule has 0 aliphatic carbocycles. The maximum Gasteiger partial charge on any atom is 0.256 e.